The Hall–Kier alpha value is -7.16. The first-order chi connectivity index (χ1) is 26.8. The zero-order chi connectivity index (χ0) is 35.3. The van der Waals surface area contributed by atoms with Gasteiger partial charge in [0.05, 0.1) is 11.0 Å². The number of para-hydroxylation sites is 1. The van der Waals surface area contributed by atoms with Gasteiger partial charge in [-0.1, -0.05) is 133 Å². The van der Waals surface area contributed by atoms with E-state index in [1.165, 1.54) is 87.1 Å². The summed E-state index contributed by atoms with van der Waals surface area (Å²) in [6.45, 7) is 0. The molecule has 1 aliphatic rings. The molecule has 250 valence electrons. The lowest BCUT2D eigenvalue weighted by Crippen LogP contribution is -2.10. The Labute approximate surface area is 312 Å². The maximum atomic E-state index is 2.44. The standard InChI is InChI=1S/C52H32N2/c1-3-12-35-29-39(22-20-33(35)10-1)53(41-25-27-47-48(31-41)46-18-9-15-38-28-37-14-5-6-16-43(37)52(47)51(38)46)42-24-26-45-44-17-7-8-19-49(44)54(50(45)32-42)40-23-21-34-11-2-4-13-36(34)30-40/h1-32H. The van der Waals surface area contributed by atoms with Crippen molar-refractivity contribution in [3.63, 3.8) is 0 Å². The van der Waals surface area contributed by atoms with Crippen LogP contribution in [0.4, 0.5) is 17.1 Å². The quantitative estimate of drug-likeness (QED) is 0.168. The van der Waals surface area contributed by atoms with Crippen LogP contribution >= 0.6 is 0 Å². The van der Waals surface area contributed by atoms with E-state index in [2.05, 4.69) is 204 Å². The summed E-state index contributed by atoms with van der Waals surface area (Å²) >= 11 is 0. The van der Waals surface area contributed by atoms with Crippen molar-refractivity contribution in [2.75, 3.05) is 4.90 Å². The number of anilines is 3. The van der Waals surface area contributed by atoms with Gasteiger partial charge in [-0.25, -0.2) is 0 Å². The molecule has 2 nitrogen and oxygen atoms in total. The fourth-order valence-electron chi connectivity index (χ4n) is 9.19. The monoisotopic (exact) mass is 684 g/mol. The van der Waals surface area contributed by atoms with Crippen molar-refractivity contribution in [3.8, 4) is 27.9 Å². The molecule has 12 rings (SSSR count). The normalized spacial score (nSPS) is 12.1. The molecule has 0 N–H and O–H groups in total. The smallest absolute Gasteiger partial charge is 0.0561 e. The highest BCUT2D eigenvalue weighted by atomic mass is 15.1. The molecule has 0 bridgehead atoms. The molecule has 0 aliphatic heterocycles. The Bertz CT molecular complexity index is 3350. The van der Waals surface area contributed by atoms with E-state index in [9.17, 15) is 0 Å². The third kappa shape index (κ3) is 4.22. The second-order valence-electron chi connectivity index (χ2n) is 14.6. The van der Waals surface area contributed by atoms with Crippen LogP contribution < -0.4 is 4.90 Å². The molecule has 1 heterocycles. The minimum Gasteiger partial charge on any atom is -0.310 e. The van der Waals surface area contributed by atoms with Crippen molar-refractivity contribution >= 4 is 82.0 Å². The van der Waals surface area contributed by atoms with Crippen molar-refractivity contribution < 1.29 is 0 Å². The van der Waals surface area contributed by atoms with Gasteiger partial charge in [0.1, 0.15) is 0 Å². The van der Waals surface area contributed by atoms with Crippen LogP contribution in [0.2, 0.25) is 0 Å². The van der Waals surface area contributed by atoms with E-state index < -0.39 is 0 Å². The molecule has 54 heavy (non-hydrogen) atoms. The van der Waals surface area contributed by atoms with E-state index >= 15 is 0 Å². The SMILES string of the molecule is c1ccc2cc(N(c3ccc4c(c3)-c3cccc5cc6ccccc6c-4c35)c3ccc4c5ccccc5n(-c5ccc6ccccc6c5)c4c3)ccc2c1. The summed E-state index contributed by atoms with van der Waals surface area (Å²) in [6, 6.07) is 71.7. The molecule has 1 aliphatic carbocycles. The molecule has 0 spiro atoms. The third-order valence-electron chi connectivity index (χ3n) is 11.6. The van der Waals surface area contributed by atoms with Crippen molar-refractivity contribution in [1.29, 1.82) is 0 Å². The Morgan fingerprint density at radius 1 is 0.315 bits per heavy atom. The van der Waals surface area contributed by atoms with Gasteiger partial charge in [-0.15, -0.1) is 0 Å². The largest absolute Gasteiger partial charge is 0.310 e. The van der Waals surface area contributed by atoms with E-state index in [1.54, 1.807) is 0 Å². The van der Waals surface area contributed by atoms with E-state index in [0.717, 1.165) is 22.7 Å². The topological polar surface area (TPSA) is 8.17 Å². The van der Waals surface area contributed by atoms with Crippen LogP contribution in [0.15, 0.2) is 194 Å². The molecule has 0 unspecified atom stereocenters. The van der Waals surface area contributed by atoms with Gasteiger partial charge in [-0.3, -0.25) is 0 Å². The first-order valence-electron chi connectivity index (χ1n) is 18.7. The van der Waals surface area contributed by atoms with Crippen molar-refractivity contribution in [1.82, 2.24) is 4.57 Å². The minimum atomic E-state index is 1.11. The predicted octanol–water partition coefficient (Wildman–Crippen LogP) is 14.5. The van der Waals surface area contributed by atoms with Gasteiger partial charge in [0.15, 0.2) is 0 Å². The molecular weight excluding hydrogens is 653 g/mol. The van der Waals surface area contributed by atoms with E-state index in [-0.39, 0.29) is 0 Å². The third-order valence-corrected chi connectivity index (χ3v) is 11.6. The van der Waals surface area contributed by atoms with Gasteiger partial charge in [-0.05, 0) is 126 Å². The van der Waals surface area contributed by atoms with Crippen LogP contribution in [-0.4, -0.2) is 4.57 Å². The fourth-order valence-corrected chi connectivity index (χ4v) is 9.19. The summed E-state index contributed by atoms with van der Waals surface area (Å²) in [4.78, 5) is 2.44. The maximum absolute atomic E-state index is 2.44. The predicted molar refractivity (Wildman–Crippen MR) is 230 cm³/mol. The lowest BCUT2D eigenvalue weighted by atomic mass is 9.96. The number of nitrogens with zero attached hydrogens (tertiary/aromatic N) is 2. The van der Waals surface area contributed by atoms with Crippen LogP contribution in [0.3, 0.4) is 0 Å². The summed E-state index contributed by atoms with van der Waals surface area (Å²) in [6.07, 6.45) is 0. The molecule has 0 fully saturated rings. The number of fused-ring (bicyclic) bond motifs is 10. The van der Waals surface area contributed by atoms with Crippen molar-refractivity contribution in [3.05, 3.63) is 194 Å². The van der Waals surface area contributed by atoms with Gasteiger partial charge in [-0.2, -0.15) is 0 Å². The molecule has 11 aromatic rings. The Morgan fingerprint density at radius 2 is 0.926 bits per heavy atom. The van der Waals surface area contributed by atoms with Crippen molar-refractivity contribution in [2.45, 2.75) is 0 Å². The summed E-state index contributed by atoms with van der Waals surface area (Å²) in [5, 5.41) is 12.6. The fraction of sp³-hybridized carbons (Fsp3) is 0. The Morgan fingerprint density at radius 3 is 1.78 bits per heavy atom. The maximum Gasteiger partial charge on any atom is 0.0561 e. The van der Waals surface area contributed by atoms with E-state index in [0.29, 0.717) is 0 Å². The number of hydrogen-bond donors (Lipinski definition) is 0. The molecule has 0 radical (unpaired) electrons. The van der Waals surface area contributed by atoms with Gasteiger partial charge in [0.25, 0.3) is 0 Å². The van der Waals surface area contributed by atoms with Crippen LogP contribution in [-0.2, 0) is 0 Å². The summed E-state index contributed by atoms with van der Waals surface area (Å²) in [5.41, 5.74) is 12.1. The lowest BCUT2D eigenvalue weighted by molar-refractivity contribution is 1.18. The number of aromatic nitrogens is 1. The lowest BCUT2D eigenvalue weighted by Gasteiger charge is -2.27. The molecule has 0 amide bonds. The molecule has 1 aromatic heterocycles. The molecule has 0 saturated heterocycles. The Kier molecular flexibility index (Phi) is 6.09. The van der Waals surface area contributed by atoms with Gasteiger partial charge >= 0.3 is 0 Å². The number of rotatable bonds is 4. The highest BCUT2D eigenvalue weighted by molar-refractivity contribution is 6.24. The molecular formula is C52H32N2. The minimum absolute atomic E-state index is 1.11. The molecule has 2 heteroatoms. The van der Waals surface area contributed by atoms with Gasteiger partial charge < -0.3 is 9.47 Å². The average Bonchev–Trinajstić information content (AvgIpc) is 3.74. The highest BCUT2D eigenvalue weighted by Gasteiger charge is 2.26. The van der Waals surface area contributed by atoms with Gasteiger partial charge in [0, 0.05) is 33.5 Å². The Balaban J connectivity index is 1.11. The summed E-state index contributed by atoms with van der Waals surface area (Å²) in [5.74, 6) is 0. The average molecular weight is 685 g/mol. The molecule has 0 saturated carbocycles. The van der Waals surface area contributed by atoms with Crippen LogP contribution in [0, 0.1) is 0 Å². The zero-order valence-corrected chi connectivity index (χ0v) is 29.4. The van der Waals surface area contributed by atoms with E-state index in [1.807, 2.05) is 0 Å². The number of hydrogen-bond acceptors (Lipinski definition) is 1. The molecule has 10 aromatic carbocycles. The first-order valence-corrected chi connectivity index (χ1v) is 18.7. The summed E-state index contributed by atoms with van der Waals surface area (Å²) in [7, 11) is 0. The zero-order valence-electron chi connectivity index (χ0n) is 29.4. The van der Waals surface area contributed by atoms with Crippen LogP contribution in [0.25, 0.3) is 92.8 Å². The van der Waals surface area contributed by atoms with Gasteiger partial charge in [0.2, 0.25) is 0 Å². The molecule has 0 atom stereocenters. The second kappa shape index (κ2) is 11.2. The summed E-state index contributed by atoms with van der Waals surface area (Å²) < 4.78 is 2.43. The number of benzene rings is 10. The van der Waals surface area contributed by atoms with Crippen LogP contribution in [0.5, 0.6) is 0 Å². The van der Waals surface area contributed by atoms with Crippen molar-refractivity contribution in [2.24, 2.45) is 0 Å². The van der Waals surface area contributed by atoms with E-state index in [4.69, 9.17) is 0 Å². The first kappa shape index (κ1) is 29.4. The second-order valence-corrected chi connectivity index (χ2v) is 14.6. The van der Waals surface area contributed by atoms with Crippen LogP contribution in [0.1, 0.15) is 0 Å². The highest BCUT2D eigenvalue weighted by Crippen LogP contribution is 2.52.